The number of aromatic amines is 1. The molecular weight excluding hydrogens is 376 g/mol. The van der Waals surface area contributed by atoms with Gasteiger partial charge in [-0.25, -0.2) is 4.98 Å². The van der Waals surface area contributed by atoms with E-state index in [4.69, 9.17) is 0 Å². The number of benzene rings is 1. The molecule has 0 unspecified atom stereocenters. The fraction of sp³-hybridized carbons (Fsp3) is 0.400. The maximum absolute atomic E-state index is 12.3. The normalized spacial score (nSPS) is 10.6. The average Bonchev–Trinajstić information content (AvgIpc) is 2.65. The third kappa shape index (κ3) is 5.95. The highest BCUT2D eigenvalue weighted by Gasteiger charge is 2.12. The molecule has 0 saturated carbocycles. The Morgan fingerprint density at radius 1 is 1.32 bits per heavy atom. The Morgan fingerprint density at radius 3 is 2.68 bits per heavy atom. The van der Waals surface area contributed by atoms with Crippen LogP contribution in [-0.2, 0) is 22.6 Å². The highest BCUT2D eigenvalue weighted by Crippen LogP contribution is 2.14. The van der Waals surface area contributed by atoms with E-state index in [2.05, 4.69) is 15.3 Å². The number of carbonyl (C=O) groups is 2. The summed E-state index contributed by atoms with van der Waals surface area (Å²) in [5.74, 6) is -0.164. The summed E-state index contributed by atoms with van der Waals surface area (Å²) in [7, 11) is 0. The Morgan fingerprint density at radius 2 is 2.07 bits per heavy atom. The molecule has 28 heavy (non-hydrogen) atoms. The van der Waals surface area contributed by atoms with Crippen LogP contribution in [0.1, 0.15) is 37.1 Å². The van der Waals surface area contributed by atoms with E-state index >= 15 is 0 Å². The Labute approximate surface area is 168 Å². The zero-order chi connectivity index (χ0) is 20.7. The molecule has 2 aromatic rings. The van der Waals surface area contributed by atoms with Gasteiger partial charge in [0.2, 0.25) is 11.8 Å². The van der Waals surface area contributed by atoms with Crippen molar-refractivity contribution in [1.82, 2.24) is 14.9 Å². The molecule has 0 spiro atoms. The molecule has 1 aromatic carbocycles. The zero-order valence-electron chi connectivity index (χ0n) is 16.7. The van der Waals surface area contributed by atoms with Crippen molar-refractivity contribution in [3.05, 3.63) is 51.4 Å². The van der Waals surface area contributed by atoms with Gasteiger partial charge in [0.15, 0.2) is 5.16 Å². The van der Waals surface area contributed by atoms with Gasteiger partial charge in [0.25, 0.3) is 5.56 Å². The Bertz CT molecular complexity index is 911. The zero-order valence-corrected chi connectivity index (χ0v) is 17.5. The summed E-state index contributed by atoms with van der Waals surface area (Å²) in [6.07, 6.45) is 2.35. The van der Waals surface area contributed by atoms with Gasteiger partial charge in [-0.2, -0.15) is 0 Å². The highest BCUT2D eigenvalue weighted by atomic mass is 32.2. The second-order valence-electron chi connectivity index (χ2n) is 6.42. The molecule has 1 heterocycles. The van der Waals surface area contributed by atoms with Gasteiger partial charge in [-0.15, -0.1) is 0 Å². The number of hydrogen-bond acceptors (Lipinski definition) is 5. The highest BCUT2D eigenvalue weighted by molar-refractivity contribution is 7.98. The Balaban J connectivity index is 1.99. The Hall–Kier alpha value is -2.61. The van der Waals surface area contributed by atoms with E-state index in [0.717, 1.165) is 5.56 Å². The second-order valence-corrected chi connectivity index (χ2v) is 7.22. The lowest BCUT2D eigenvalue weighted by Crippen LogP contribution is -2.27. The predicted octanol–water partition coefficient (Wildman–Crippen LogP) is 2.74. The largest absolute Gasteiger partial charge is 0.339 e. The molecule has 0 atom stereocenters. The molecule has 0 fully saturated rings. The number of thioether (sulfide) groups is 1. The molecule has 0 aliphatic carbocycles. The number of nitrogens with one attached hydrogen (secondary N) is 2. The van der Waals surface area contributed by atoms with Crippen LogP contribution in [0.4, 0.5) is 5.69 Å². The van der Waals surface area contributed by atoms with Crippen LogP contribution in [0.5, 0.6) is 0 Å². The number of amides is 2. The van der Waals surface area contributed by atoms with Gasteiger partial charge in [-0.3, -0.25) is 14.4 Å². The van der Waals surface area contributed by atoms with Gasteiger partial charge in [0.1, 0.15) is 0 Å². The molecule has 1 aromatic heterocycles. The third-order valence-corrected chi connectivity index (χ3v) is 4.99. The first kappa shape index (κ1) is 21.7. The summed E-state index contributed by atoms with van der Waals surface area (Å²) in [6, 6.07) is 7.43. The van der Waals surface area contributed by atoms with E-state index in [-0.39, 0.29) is 23.8 Å². The van der Waals surface area contributed by atoms with Crippen molar-refractivity contribution in [1.29, 1.82) is 0 Å². The van der Waals surface area contributed by atoms with Gasteiger partial charge in [0.05, 0.1) is 0 Å². The van der Waals surface area contributed by atoms with Crippen LogP contribution in [0.15, 0.2) is 34.2 Å². The van der Waals surface area contributed by atoms with Crippen molar-refractivity contribution in [2.45, 2.75) is 45.3 Å². The van der Waals surface area contributed by atoms with Crippen LogP contribution in [0, 0.1) is 6.92 Å². The molecule has 0 aliphatic heterocycles. The average molecular weight is 403 g/mol. The van der Waals surface area contributed by atoms with Crippen molar-refractivity contribution in [3.8, 4) is 0 Å². The summed E-state index contributed by atoms with van der Waals surface area (Å²) in [5, 5.41) is 3.42. The summed E-state index contributed by atoms with van der Waals surface area (Å²) >= 11 is 1.37. The smallest absolute Gasteiger partial charge is 0.254 e. The van der Waals surface area contributed by atoms with Gasteiger partial charge in [-0.1, -0.05) is 23.9 Å². The summed E-state index contributed by atoms with van der Waals surface area (Å²) in [6.45, 7) is 6.37. The van der Waals surface area contributed by atoms with Crippen molar-refractivity contribution >= 4 is 29.3 Å². The summed E-state index contributed by atoms with van der Waals surface area (Å²) in [5.41, 5.74) is 2.59. The number of anilines is 1. The maximum atomic E-state index is 12.3. The summed E-state index contributed by atoms with van der Waals surface area (Å²) < 4.78 is 0. The topological polar surface area (TPSA) is 95.2 Å². The predicted molar refractivity (Wildman–Crippen MR) is 112 cm³/mol. The van der Waals surface area contributed by atoms with E-state index in [1.165, 1.54) is 11.8 Å². The molecule has 2 rings (SSSR count). The molecule has 0 bridgehead atoms. The van der Waals surface area contributed by atoms with E-state index in [9.17, 15) is 14.4 Å². The first-order valence-corrected chi connectivity index (χ1v) is 10.3. The van der Waals surface area contributed by atoms with Crippen molar-refractivity contribution in [2.24, 2.45) is 0 Å². The molecule has 8 heteroatoms. The molecule has 0 saturated heterocycles. The summed E-state index contributed by atoms with van der Waals surface area (Å²) in [4.78, 5) is 44.8. The fourth-order valence-corrected chi connectivity index (χ4v) is 3.27. The van der Waals surface area contributed by atoms with Crippen molar-refractivity contribution in [3.63, 3.8) is 0 Å². The minimum absolute atomic E-state index is 0.0126. The van der Waals surface area contributed by atoms with E-state index < -0.39 is 0 Å². The van der Waals surface area contributed by atoms with Crippen LogP contribution in [0.25, 0.3) is 0 Å². The van der Waals surface area contributed by atoms with E-state index in [0.29, 0.717) is 41.6 Å². The van der Waals surface area contributed by atoms with E-state index in [1.54, 1.807) is 24.8 Å². The van der Waals surface area contributed by atoms with Gasteiger partial charge in [0, 0.05) is 43.4 Å². The maximum Gasteiger partial charge on any atom is 0.254 e. The molecule has 7 nitrogen and oxygen atoms in total. The molecule has 2 amide bonds. The molecule has 0 aliphatic rings. The standard InChI is InChI=1S/C20H26N4O3S/c1-5-24(14(3)25)12-15-7-6-8-16(11-15)22-18(26)10-9-17-13(2)21-20(28-4)23-19(17)27/h6-8,11H,5,9-10,12H2,1-4H3,(H,22,26)(H,21,23,27). The molecule has 150 valence electrons. The third-order valence-electron chi connectivity index (χ3n) is 4.41. The Kier molecular flexibility index (Phi) is 7.80. The molecular formula is C20H26N4O3S. The van der Waals surface area contributed by atoms with Crippen LogP contribution in [-0.4, -0.2) is 39.5 Å². The number of aryl methyl sites for hydroxylation is 1. The molecule has 0 radical (unpaired) electrons. The lowest BCUT2D eigenvalue weighted by molar-refractivity contribution is -0.129. The lowest BCUT2D eigenvalue weighted by Gasteiger charge is -2.19. The molecule has 2 N–H and O–H groups in total. The van der Waals surface area contributed by atoms with Crippen LogP contribution >= 0.6 is 11.8 Å². The first-order valence-electron chi connectivity index (χ1n) is 9.12. The van der Waals surface area contributed by atoms with Gasteiger partial charge >= 0.3 is 0 Å². The number of carbonyl (C=O) groups excluding carboxylic acids is 2. The monoisotopic (exact) mass is 402 g/mol. The SMILES string of the molecule is CCN(Cc1cccc(NC(=O)CCc2c(C)nc(SC)[nH]c2=O)c1)C(C)=O. The second kappa shape index (κ2) is 10.1. The number of hydrogen-bond donors (Lipinski definition) is 2. The minimum atomic E-state index is -0.199. The fourth-order valence-electron chi connectivity index (χ4n) is 2.85. The lowest BCUT2D eigenvalue weighted by atomic mass is 10.1. The van der Waals surface area contributed by atoms with Gasteiger partial charge < -0.3 is 15.2 Å². The first-order chi connectivity index (χ1) is 13.3. The quantitative estimate of drug-likeness (QED) is 0.523. The number of rotatable bonds is 8. The number of H-pyrrole nitrogens is 1. The van der Waals surface area contributed by atoms with Crippen molar-refractivity contribution < 1.29 is 9.59 Å². The van der Waals surface area contributed by atoms with Crippen molar-refractivity contribution in [2.75, 3.05) is 18.1 Å². The minimum Gasteiger partial charge on any atom is -0.339 e. The number of nitrogens with zero attached hydrogens (tertiary/aromatic N) is 2. The van der Waals surface area contributed by atoms with Gasteiger partial charge in [-0.05, 0) is 44.2 Å². The number of aromatic nitrogens is 2. The van der Waals surface area contributed by atoms with E-state index in [1.807, 2.05) is 31.4 Å². The van der Waals surface area contributed by atoms with Crippen LogP contribution in [0.2, 0.25) is 0 Å². The van der Waals surface area contributed by atoms with Crippen LogP contribution in [0.3, 0.4) is 0 Å². The van der Waals surface area contributed by atoms with Crippen LogP contribution < -0.4 is 10.9 Å².